The lowest BCUT2D eigenvalue weighted by Gasteiger charge is -2.31. The van der Waals surface area contributed by atoms with Crippen LogP contribution in [0.5, 0.6) is 0 Å². The largest absolute Gasteiger partial charge is 0.352 e. The summed E-state index contributed by atoms with van der Waals surface area (Å²) in [4.78, 5) is 17.2. The molecule has 1 aromatic heterocycles. The minimum Gasteiger partial charge on any atom is -0.352 e. The Morgan fingerprint density at radius 3 is 2.52 bits per heavy atom. The first-order valence-electron chi connectivity index (χ1n) is 8.98. The highest BCUT2D eigenvalue weighted by Gasteiger charge is 2.30. The summed E-state index contributed by atoms with van der Waals surface area (Å²) < 4.78 is 25.6. The number of pyridine rings is 1. The first kappa shape index (κ1) is 19.8. The Bertz CT molecular complexity index is 708. The molecule has 0 aromatic carbocycles. The quantitative estimate of drug-likeness (QED) is 0.837. The number of carbonyl (C=O) groups excluding carboxylic acids is 1. The molecule has 1 aliphatic heterocycles. The van der Waals surface area contributed by atoms with Gasteiger partial charge in [-0.2, -0.15) is 0 Å². The van der Waals surface area contributed by atoms with E-state index in [2.05, 4.69) is 24.1 Å². The van der Waals surface area contributed by atoms with E-state index in [0.717, 1.165) is 11.4 Å². The van der Waals surface area contributed by atoms with Gasteiger partial charge in [0, 0.05) is 31.2 Å². The van der Waals surface area contributed by atoms with Gasteiger partial charge in [-0.3, -0.25) is 9.78 Å². The predicted octanol–water partition coefficient (Wildman–Crippen LogP) is 2.30. The van der Waals surface area contributed by atoms with Crippen molar-refractivity contribution in [3.8, 4) is 0 Å². The summed E-state index contributed by atoms with van der Waals surface area (Å²) in [6.45, 7) is 9.29. The van der Waals surface area contributed by atoms with Crippen molar-refractivity contribution in [2.24, 2.45) is 5.92 Å². The SMILES string of the molecule is CCS(=O)(=O)N1CCC(c2nc(C)ccc2C(=O)NCC(C)C)CC1. The van der Waals surface area contributed by atoms with Gasteiger partial charge in [-0.25, -0.2) is 12.7 Å². The van der Waals surface area contributed by atoms with E-state index in [1.807, 2.05) is 19.1 Å². The van der Waals surface area contributed by atoms with Crippen molar-refractivity contribution in [2.45, 2.75) is 46.5 Å². The normalized spacial score (nSPS) is 17.0. The average Bonchev–Trinajstić information content (AvgIpc) is 2.59. The Kier molecular flexibility index (Phi) is 6.57. The van der Waals surface area contributed by atoms with Crippen LogP contribution in [0.1, 0.15) is 61.3 Å². The van der Waals surface area contributed by atoms with Gasteiger partial charge in [0.2, 0.25) is 10.0 Å². The Balaban J connectivity index is 2.17. The van der Waals surface area contributed by atoms with Crippen molar-refractivity contribution < 1.29 is 13.2 Å². The van der Waals surface area contributed by atoms with Crippen molar-refractivity contribution >= 4 is 15.9 Å². The third kappa shape index (κ3) is 5.01. The van der Waals surface area contributed by atoms with Crippen LogP contribution >= 0.6 is 0 Å². The number of nitrogens with one attached hydrogen (secondary N) is 1. The number of amides is 1. The first-order chi connectivity index (χ1) is 11.7. The van der Waals surface area contributed by atoms with Crippen LogP contribution < -0.4 is 5.32 Å². The van der Waals surface area contributed by atoms with E-state index in [0.29, 0.717) is 44.0 Å². The highest BCUT2D eigenvalue weighted by molar-refractivity contribution is 7.89. The van der Waals surface area contributed by atoms with E-state index in [1.54, 1.807) is 11.2 Å². The third-order valence-corrected chi connectivity index (χ3v) is 6.46. The topological polar surface area (TPSA) is 79.4 Å². The average molecular weight is 368 g/mol. The second-order valence-corrected chi connectivity index (χ2v) is 9.32. The number of carbonyl (C=O) groups is 1. The Labute approximate surface area is 151 Å². The van der Waals surface area contributed by atoms with Crippen LogP contribution in [0.4, 0.5) is 0 Å². The van der Waals surface area contributed by atoms with Crippen LogP contribution in [-0.2, 0) is 10.0 Å². The number of sulfonamides is 1. The zero-order valence-corrected chi connectivity index (χ0v) is 16.4. The van der Waals surface area contributed by atoms with Crippen LogP contribution in [0.15, 0.2) is 12.1 Å². The maximum Gasteiger partial charge on any atom is 0.253 e. The summed E-state index contributed by atoms with van der Waals surface area (Å²) in [6, 6.07) is 3.69. The van der Waals surface area contributed by atoms with Crippen LogP contribution in [0.25, 0.3) is 0 Å². The monoisotopic (exact) mass is 367 g/mol. The summed E-state index contributed by atoms with van der Waals surface area (Å²) in [5, 5.41) is 2.95. The molecule has 1 amide bonds. The van der Waals surface area contributed by atoms with Gasteiger partial charge in [0.25, 0.3) is 5.91 Å². The Hall–Kier alpha value is -1.47. The third-order valence-electron chi connectivity index (χ3n) is 4.58. The lowest BCUT2D eigenvalue weighted by atomic mass is 9.90. The molecule has 6 nitrogen and oxygen atoms in total. The van der Waals surface area contributed by atoms with Crippen molar-refractivity contribution in [3.63, 3.8) is 0 Å². The van der Waals surface area contributed by atoms with Crippen molar-refractivity contribution in [1.82, 2.24) is 14.6 Å². The fourth-order valence-electron chi connectivity index (χ4n) is 3.06. The molecule has 1 aromatic rings. The van der Waals surface area contributed by atoms with Gasteiger partial charge in [-0.1, -0.05) is 13.8 Å². The Morgan fingerprint density at radius 1 is 1.32 bits per heavy atom. The first-order valence-corrected chi connectivity index (χ1v) is 10.6. The molecule has 1 aliphatic rings. The Morgan fingerprint density at radius 2 is 1.96 bits per heavy atom. The summed E-state index contributed by atoms with van der Waals surface area (Å²) in [5.41, 5.74) is 2.29. The molecule has 25 heavy (non-hydrogen) atoms. The lowest BCUT2D eigenvalue weighted by molar-refractivity contribution is 0.0946. The zero-order chi connectivity index (χ0) is 18.6. The standard InChI is InChI=1S/C18H29N3O3S/c1-5-25(23,24)21-10-8-15(9-11-21)17-16(7-6-14(4)20-17)18(22)19-12-13(2)3/h6-7,13,15H,5,8-12H2,1-4H3,(H,19,22). The number of nitrogens with zero attached hydrogens (tertiary/aromatic N) is 2. The molecule has 1 fully saturated rings. The van der Waals surface area contributed by atoms with Gasteiger partial charge in [0.05, 0.1) is 17.0 Å². The zero-order valence-electron chi connectivity index (χ0n) is 15.6. The predicted molar refractivity (Wildman–Crippen MR) is 99.2 cm³/mol. The second kappa shape index (κ2) is 8.27. The van der Waals surface area contributed by atoms with Gasteiger partial charge >= 0.3 is 0 Å². The summed E-state index contributed by atoms with van der Waals surface area (Å²) in [5.74, 6) is 0.527. The smallest absolute Gasteiger partial charge is 0.253 e. The van der Waals surface area contributed by atoms with Crippen LogP contribution in [0.2, 0.25) is 0 Å². The molecule has 1 saturated heterocycles. The maximum atomic E-state index is 12.5. The number of rotatable bonds is 6. The van der Waals surface area contributed by atoms with E-state index >= 15 is 0 Å². The molecular weight excluding hydrogens is 338 g/mol. The highest BCUT2D eigenvalue weighted by atomic mass is 32.2. The highest BCUT2D eigenvalue weighted by Crippen LogP contribution is 2.30. The number of aryl methyl sites for hydroxylation is 1. The summed E-state index contributed by atoms with van der Waals surface area (Å²) in [7, 11) is -3.15. The summed E-state index contributed by atoms with van der Waals surface area (Å²) >= 11 is 0. The van der Waals surface area contributed by atoms with Crippen molar-refractivity contribution in [1.29, 1.82) is 0 Å². The molecule has 0 bridgehead atoms. The van der Waals surface area contributed by atoms with Crippen LogP contribution in [-0.4, -0.2) is 49.0 Å². The van der Waals surface area contributed by atoms with Crippen LogP contribution in [0.3, 0.4) is 0 Å². The van der Waals surface area contributed by atoms with Gasteiger partial charge in [-0.15, -0.1) is 0 Å². The summed E-state index contributed by atoms with van der Waals surface area (Å²) in [6.07, 6.45) is 1.39. The van der Waals surface area contributed by atoms with Crippen molar-refractivity contribution in [3.05, 3.63) is 29.1 Å². The number of aromatic nitrogens is 1. The molecule has 0 atom stereocenters. The molecular formula is C18H29N3O3S. The van der Waals surface area contributed by atoms with Crippen molar-refractivity contribution in [2.75, 3.05) is 25.4 Å². The number of hydrogen-bond acceptors (Lipinski definition) is 4. The fraction of sp³-hybridized carbons (Fsp3) is 0.667. The molecule has 0 spiro atoms. The molecule has 0 radical (unpaired) electrons. The molecule has 0 unspecified atom stereocenters. The molecule has 140 valence electrons. The molecule has 7 heteroatoms. The minimum atomic E-state index is -3.15. The van der Waals surface area contributed by atoms with Gasteiger partial charge in [-0.05, 0) is 44.7 Å². The van der Waals surface area contributed by atoms with E-state index < -0.39 is 10.0 Å². The van der Waals surface area contributed by atoms with E-state index in [1.165, 1.54) is 0 Å². The molecule has 2 heterocycles. The number of piperidine rings is 1. The fourth-order valence-corrected chi connectivity index (χ4v) is 4.19. The molecule has 0 aliphatic carbocycles. The maximum absolute atomic E-state index is 12.5. The van der Waals surface area contributed by atoms with E-state index in [4.69, 9.17) is 0 Å². The van der Waals surface area contributed by atoms with Crippen LogP contribution in [0, 0.1) is 12.8 Å². The lowest BCUT2D eigenvalue weighted by Crippen LogP contribution is -2.39. The molecule has 0 saturated carbocycles. The van der Waals surface area contributed by atoms with Gasteiger partial charge in [0.1, 0.15) is 0 Å². The van der Waals surface area contributed by atoms with E-state index in [9.17, 15) is 13.2 Å². The minimum absolute atomic E-state index is 0.0974. The van der Waals surface area contributed by atoms with E-state index in [-0.39, 0.29) is 17.6 Å². The second-order valence-electron chi connectivity index (χ2n) is 7.06. The molecule has 1 N–H and O–H groups in total. The van der Waals surface area contributed by atoms with Gasteiger partial charge in [0.15, 0.2) is 0 Å². The molecule has 2 rings (SSSR count). The number of hydrogen-bond donors (Lipinski definition) is 1. The van der Waals surface area contributed by atoms with Gasteiger partial charge < -0.3 is 5.32 Å².